The van der Waals surface area contributed by atoms with Crippen LogP contribution in [0, 0.1) is 0 Å². The molecule has 3 rings (SSSR count). The molecular formula is C17H23N3O2. The van der Waals surface area contributed by atoms with Gasteiger partial charge in [0, 0.05) is 36.7 Å². The first-order valence-electron chi connectivity index (χ1n) is 7.76. The summed E-state index contributed by atoms with van der Waals surface area (Å²) < 4.78 is 7.26. The van der Waals surface area contributed by atoms with E-state index in [1.54, 1.807) is 7.11 Å². The molecule has 1 fully saturated rings. The highest BCUT2D eigenvalue weighted by molar-refractivity contribution is 5.84. The van der Waals surface area contributed by atoms with Crippen LogP contribution >= 0.6 is 0 Å². The third-order valence-electron chi connectivity index (χ3n) is 4.36. The maximum atomic E-state index is 12.6. The molecule has 1 amide bonds. The molecule has 1 aliphatic heterocycles. The van der Waals surface area contributed by atoms with Crippen molar-refractivity contribution in [1.82, 2.24) is 14.4 Å². The van der Waals surface area contributed by atoms with Gasteiger partial charge in [0.2, 0.25) is 5.91 Å². The monoisotopic (exact) mass is 301 g/mol. The van der Waals surface area contributed by atoms with Crippen LogP contribution in [0.2, 0.25) is 0 Å². The van der Waals surface area contributed by atoms with Crippen LogP contribution in [0.25, 0.3) is 10.9 Å². The average Bonchev–Trinajstić information content (AvgIpc) is 2.78. The Labute approximate surface area is 131 Å². The lowest BCUT2D eigenvalue weighted by atomic mass is 10.2. The highest BCUT2D eigenvalue weighted by Gasteiger charge is 2.18. The molecular weight excluding hydrogens is 278 g/mol. The molecule has 22 heavy (non-hydrogen) atoms. The van der Waals surface area contributed by atoms with Crippen molar-refractivity contribution in [3.8, 4) is 5.75 Å². The molecule has 0 bridgehead atoms. The Morgan fingerprint density at radius 2 is 2.05 bits per heavy atom. The van der Waals surface area contributed by atoms with Crippen LogP contribution in [0.1, 0.15) is 6.42 Å². The van der Waals surface area contributed by atoms with Crippen LogP contribution in [-0.2, 0) is 11.3 Å². The van der Waals surface area contributed by atoms with Gasteiger partial charge in [-0.25, -0.2) is 0 Å². The fourth-order valence-electron chi connectivity index (χ4n) is 2.98. The Bertz CT molecular complexity index is 665. The van der Waals surface area contributed by atoms with Crippen LogP contribution < -0.4 is 4.74 Å². The molecule has 0 N–H and O–H groups in total. The van der Waals surface area contributed by atoms with E-state index < -0.39 is 0 Å². The van der Waals surface area contributed by atoms with Gasteiger partial charge in [0.1, 0.15) is 12.3 Å². The Hall–Kier alpha value is -2.01. The van der Waals surface area contributed by atoms with Gasteiger partial charge >= 0.3 is 0 Å². The second kappa shape index (κ2) is 6.40. The number of aromatic nitrogens is 1. The summed E-state index contributed by atoms with van der Waals surface area (Å²) in [5.41, 5.74) is 1.07. The maximum absolute atomic E-state index is 12.6. The molecule has 5 nitrogen and oxygen atoms in total. The Morgan fingerprint density at radius 1 is 1.18 bits per heavy atom. The zero-order chi connectivity index (χ0) is 15.5. The number of rotatable bonds is 3. The summed E-state index contributed by atoms with van der Waals surface area (Å²) in [7, 11) is 3.78. The Morgan fingerprint density at radius 3 is 2.86 bits per heavy atom. The Kier molecular flexibility index (Phi) is 4.34. The van der Waals surface area contributed by atoms with Crippen molar-refractivity contribution in [2.75, 3.05) is 40.3 Å². The minimum absolute atomic E-state index is 0.198. The number of methoxy groups -OCH3 is 1. The lowest BCUT2D eigenvalue weighted by Crippen LogP contribution is -2.36. The van der Waals surface area contributed by atoms with Gasteiger partial charge in [-0.15, -0.1) is 0 Å². The number of carbonyl (C=O) groups is 1. The standard InChI is InChI=1S/C17H23N3O2/c1-18-7-3-8-19(11-10-18)17(21)13-20-9-6-14-12-15(22-2)4-5-16(14)20/h4-6,9,12H,3,7-8,10-11,13H2,1-2H3. The summed E-state index contributed by atoms with van der Waals surface area (Å²) in [6.45, 7) is 4.10. The predicted molar refractivity (Wildman–Crippen MR) is 87.2 cm³/mol. The molecule has 5 heteroatoms. The van der Waals surface area contributed by atoms with Crippen LogP contribution in [0.3, 0.4) is 0 Å². The van der Waals surface area contributed by atoms with E-state index in [0.29, 0.717) is 6.54 Å². The normalized spacial score (nSPS) is 16.7. The van der Waals surface area contributed by atoms with E-state index in [2.05, 4.69) is 11.9 Å². The van der Waals surface area contributed by atoms with E-state index in [1.165, 1.54) is 0 Å². The summed E-state index contributed by atoms with van der Waals surface area (Å²) in [4.78, 5) is 16.8. The topological polar surface area (TPSA) is 37.7 Å². The third kappa shape index (κ3) is 3.09. The van der Waals surface area contributed by atoms with Crippen molar-refractivity contribution in [1.29, 1.82) is 0 Å². The zero-order valence-corrected chi connectivity index (χ0v) is 13.3. The number of likely N-dealkylation sites (N-methyl/N-ethyl adjacent to an activating group) is 1. The SMILES string of the molecule is COc1ccc2c(ccn2CC(=O)N2CCCN(C)CC2)c1. The number of hydrogen-bond donors (Lipinski definition) is 0. The van der Waals surface area contributed by atoms with Gasteiger partial charge in [-0.3, -0.25) is 4.79 Å². The average molecular weight is 301 g/mol. The molecule has 0 spiro atoms. The van der Waals surface area contributed by atoms with E-state index in [4.69, 9.17) is 4.74 Å². The minimum Gasteiger partial charge on any atom is -0.497 e. The van der Waals surface area contributed by atoms with Crippen LogP contribution in [0.4, 0.5) is 0 Å². The lowest BCUT2D eigenvalue weighted by molar-refractivity contribution is -0.131. The first-order valence-corrected chi connectivity index (χ1v) is 7.76. The van der Waals surface area contributed by atoms with E-state index in [1.807, 2.05) is 39.9 Å². The number of fused-ring (bicyclic) bond motifs is 1. The number of carbonyl (C=O) groups excluding carboxylic acids is 1. The number of nitrogens with zero attached hydrogens (tertiary/aromatic N) is 3. The van der Waals surface area contributed by atoms with Gasteiger partial charge in [0.25, 0.3) is 0 Å². The molecule has 118 valence electrons. The minimum atomic E-state index is 0.198. The maximum Gasteiger partial charge on any atom is 0.242 e. The molecule has 0 aliphatic carbocycles. The van der Waals surface area contributed by atoms with Gasteiger partial charge in [-0.2, -0.15) is 0 Å². The molecule has 0 radical (unpaired) electrons. The van der Waals surface area contributed by atoms with Gasteiger partial charge < -0.3 is 19.1 Å². The first kappa shape index (κ1) is 14.9. The lowest BCUT2D eigenvalue weighted by Gasteiger charge is -2.21. The molecule has 0 unspecified atom stereocenters. The van der Waals surface area contributed by atoms with Crippen molar-refractivity contribution in [3.63, 3.8) is 0 Å². The molecule has 0 atom stereocenters. The predicted octanol–water partition coefficient (Wildman–Crippen LogP) is 1.81. The molecule has 0 saturated carbocycles. The molecule has 1 aromatic carbocycles. The molecule has 2 heterocycles. The molecule has 1 saturated heterocycles. The third-order valence-corrected chi connectivity index (χ3v) is 4.36. The second-order valence-electron chi connectivity index (χ2n) is 5.91. The molecule has 1 aliphatic rings. The number of amides is 1. The zero-order valence-electron chi connectivity index (χ0n) is 13.3. The van der Waals surface area contributed by atoms with Crippen LogP contribution in [0.15, 0.2) is 30.5 Å². The van der Waals surface area contributed by atoms with Crippen molar-refractivity contribution in [3.05, 3.63) is 30.5 Å². The van der Waals surface area contributed by atoms with Crippen molar-refractivity contribution in [2.24, 2.45) is 0 Å². The fraction of sp³-hybridized carbons (Fsp3) is 0.471. The smallest absolute Gasteiger partial charge is 0.242 e. The van der Waals surface area contributed by atoms with Gasteiger partial charge in [-0.1, -0.05) is 0 Å². The van der Waals surface area contributed by atoms with Crippen molar-refractivity contribution < 1.29 is 9.53 Å². The van der Waals surface area contributed by atoms with E-state index >= 15 is 0 Å². The number of hydrogen-bond acceptors (Lipinski definition) is 3. The first-order chi connectivity index (χ1) is 10.7. The summed E-state index contributed by atoms with van der Waals surface area (Å²) in [5.74, 6) is 1.04. The van der Waals surface area contributed by atoms with Gasteiger partial charge in [-0.05, 0) is 44.3 Å². The molecule has 1 aromatic heterocycles. The number of ether oxygens (including phenoxy) is 1. The van der Waals surface area contributed by atoms with E-state index in [9.17, 15) is 4.79 Å². The summed E-state index contributed by atoms with van der Waals surface area (Å²) in [6.07, 6.45) is 3.03. The van der Waals surface area contributed by atoms with Crippen molar-refractivity contribution in [2.45, 2.75) is 13.0 Å². The summed E-state index contributed by atoms with van der Waals surface area (Å²) in [6, 6.07) is 7.97. The molecule has 2 aromatic rings. The second-order valence-corrected chi connectivity index (χ2v) is 5.91. The van der Waals surface area contributed by atoms with Gasteiger partial charge in [0.05, 0.1) is 7.11 Å². The highest BCUT2D eigenvalue weighted by atomic mass is 16.5. The summed E-state index contributed by atoms with van der Waals surface area (Å²) in [5, 5.41) is 1.10. The quantitative estimate of drug-likeness (QED) is 0.868. The highest BCUT2D eigenvalue weighted by Crippen LogP contribution is 2.22. The Balaban J connectivity index is 1.73. The van der Waals surface area contributed by atoms with E-state index in [-0.39, 0.29) is 5.91 Å². The van der Waals surface area contributed by atoms with E-state index in [0.717, 1.165) is 49.3 Å². The van der Waals surface area contributed by atoms with Crippen molar-refractivity contribution >= 4 is 16.8 Å². The number of benzene rings is 1. The summed E-state index contributed by atoms with van der Waals surface area (Å²) >= 11 is 0. The fourth-order valence-corrected chi connectivity index (χ4v) is 2.98. The van der Waals surface area contributed by atoms with Gasteiger partial charge in [0.15, 0.2) is 0 Å². The van der Waals surface area contributed by atoms with Crippen LogP contribution in [-0.4, -0.2) is 60.6 Å². The largest absolute Gasteiger partial charge is 0.497 e. The van der Waals surface area contributed by atoms with Crippen LogP contribution in [0.5, 0.6) is 5.75 Å².